The summed E-state index contributed by atoms with van der Waals surface area (Å²) in [4.78, 5) is 8.71. The highest BCUT2D eigenvalue weighted by Crippen LogP contribution is 2.25. The minimum Gasteiger partial charge on any atom is -0.381 e. The monoisotopic (exact) mass is 320 g/mol. The summed E-state index contributed by atoms with van der Waals surface area (Å²) in [5, 5.41) is 0. The summed E-state index contributed by atoms with van der Waals surface area (Å²) in [5.41, 5.74) is 0. The molecule has 1 saturated heterocycles. The zero-order valence-electron chi connectivity index (χ0n) is 7.54. The Balaban J connectivity index is 2.21. The summed E-state index contributed by atoms with van der Waals surface area (Å²) >= 11 is 6.72. The lowest BCUT2D eigenvalue weighted by molar-refractivity contribution is 0.0779. The van der Waals surface area contributed by atoms with Gasteiger partial charge in [0, 0.05) is 18.6 Å². The van der Waals surface area contributed by atoms with Gasteiger partial charge in [0.05, 0.1) is 6.61 Å². The van der Waals surface area contributed by atoms with E-state index in [9.17, 15) is 0 Å². The first-order chi connectivity index (χ1) is 6.75. The molecule has 0 aromatic carbocycles. The standard InChI is InChI=1S/C9H10Br2N2O/c10-7-4-8(11)13-9(12-7)6-2-1-3-14-5-6/h4,6H,1-3,5H2. The summed E-state index contributed by atoms with van der Waals surface area (Å²) in [5.74, 6) is 1.21. The van der Waals surface area contributed by atoms with Crippen LogP contribution in [0.1, 0.15) is 24.6 Å². The second kappa shape index (κ2) is 4.68. The smallest absolute Gasteiger partial charge is 0.136 e. The lowest BCUT2D eigenvalue weighted by atomic mass is 10.0. The quantitative estimate of drug-likeness (QED) is 0.746. The maximum absolute atomic E-state index is 5.41. The zero-order chi connectivity index (χ0) is 9.97. The van der Waals surface area contributed by atoms with Gasteiger partial charge in [0.1, 0.15) is 15.0 Å². The molecular formula is C9H10Br2N2O. The van der Waals surface area contributed by atoms with Gasteiger partial charge in [-0.15, -0.1) is 0 Å². The fourth-order valence-corrected chi connectivity index (χ4v) is 2.64. The molecule has 1 fully saturated rings. The van der Waals surface area contributed by atoms with Gasteiger partial charge in [0.2, 0.25) is 0 Å². The van der Waals surface area contributed by atoms with E-state index in [1.807, 2.05) is 6.07 Å². The number of halogens is 2. The summed E-state index contributed by atoms with van der Waals surface area (Å²) in [6, 6.07) is 1.84. The number of nitrogens with zero attached hydrogens (tertiary/aromatic N) is 2. The van der Waals surface area contributed by atoms with Crippen molar-refractivity contribution in [3.63, 3.8) is 0 Å². The van der Waals surface area contributed by atoms with Crippen LogP contribution in [0.2, 0.25) is 0 Å². The first kappa shape index (κ1) is 10.5. The Morgan fingerprint density at radius 2 is 2.00 bits per heavy atom. The van der Waals surface area contributed by atoms with Crippen LogP contribution in [0, 0.1) is 0 Å². The van der Waals surface area contributed by atoms with E-state index in [1.165, 1.54) is 0 Å². The zero-order valence-corrected chi connectivity index (χ0v) is 10.7. The molecule has 1 aromatic heterocycles. The third kappa shape index (κ3) is 2.52. The van der Waals surface area contributed by atoms with Crippen LogP contribution in [0.25, 0.3) is 0 Å². The van der Waals surface area contributed by atoms with E-state index in [-0.39, 0.29) is 0 Å². The highest BCUT2D eigenvalue weighted by molar-refractivity contribution is 9.11. The maximum atomic E-state index is 5.41. The van der Waals surface area contributed by atoms with Crippen LogP contribution >= 0.6 is 31.9 Å². The van der Waals surface area contributed by atoms with E-state index in [2.05, 4.69) is 41.8 Å². The highest BCUT2D eigenvalue weighted by atomic mass is 79.9. The van der Waals surface area contributed by atoms with Gasteiger partial charge in [0.15, 0.2) is 0 Å². The molecule has 0 amide bonds. The maximum Gasteiger partial charge on any atom is 0.136 e. The van der Waals surface area contributed by atoms with Gasteiger partial charge in [-0.05, 0) is 44.7 Å². The van der Waals surface area contributed by atoms with Gasteiger partial charge in [-0.25, -0.2) is 9.97 Å². The summed E-state index contributed by atoms with van der Waals surface area (Å²) in [7, 11) is 0. The molecule has 0 radical (unpaired) electrons. The van der Waals surface area contributed by atoms with E-state index in [0.29, 0.717) is 5.92 Å². The third-order valence-electron chi connectivity index (χ3n) is 2.21. The van der Waals surface area contributed by atoms with Crippen molar-refractivity contribution < 1.29 is 4.74 Å². The minimum atomic E-state index is 0.345. The average Bonchev–Trinajstić information content (AvgIpc) is 2.18. The van der Waals surface area contributed by atoms with Crippen LogP contribution in [0.5, 0.6) is 0 Å². The molecule has 5 heteroatoms. The van der Waals surface area contributed by atoms with E-state index in [0.717, 1.165) is 41.1 Å². The van der Waals surface area contributed by atoms with E-state index >= 15 is 0 Å². The first-order valence-electron chi connectivity index (χ1n) is 4.53. The predicted octanol–water partition coefficient (Wildman–Crippen LogP) is 2.90. The normalized spacial score (nSPS) is 22.3. The first-order valence-corrected chi connectivity index (χ1v) is 6.12. The Labute approximate surface area is 99.5 Å². The van der Waals surface area contributed by atoms with Gasteiger partial charge in [-0.1, -0.05) is 0 Å². The van der Waals surface area contributed by atoms with Crippen LogP contribution in [-0.4, -0.2) is 23.2 Å². The Morgan fingerprint density at radius 1 is 1.29 bits per heavy atom. The fourth-order valence-electron chi connectivity index (χ4n) is 1.53. The van der Waals surface area contributed by atoms with Crippen LogP contribution in [0.15, 0.2) is 15.3 Å². The minimum absolute atomic E-state index is 0.345. The third-order valence-corrected chi connectivity index (χ3v) is 3.02. The van der Waals surface area contributed by atoms with Crippen molar-refractivity contribution in [2.75, 3.05) is 13.2 Å². The van der Waals surface area contributed by atoms with Gasteiger partial charge < -0.3 is 4.74 Å². The molecule has 1 aliphatic heterocycles. The molecule has 0 aliphatic carbocycles. The van der Waals surface area contributed by atoms with E-state index < -0.39 is 0 Å². The highest BCUT2D eigenvalue weighted by Gasteiger charge is 2.19. The van der Waals surface area contributed by atoms with Crippen molar-refractivity contribution in [1.29, 1.82) is 0 Å². The van der Waals surface area contributed by atoms with E-state index in [4.69, 9.17) is 4.74 Å². The molecular weight excluding hydrogens is 312 g/mol. The lowest BCUT2D eigenvalue weighted by Crippen LogP contribution is -2.17. The molecule has 1 unspecified atom stereocenters. The van der Waals surface area contributed by atoms with Crippen LogP contribution in [0.3, 0.4) is 0 Å². The number of hydrogen-bond donors (Lipinski definition) is 0. The van der Waals surface area contributed by atoms with Crippen LogP contribution in [0.4, 0.5) is 0 Å². The van der Waals surface area contributed by atoms with Crippen molar-refractivity contribution in [2.24, 2.45) is 0 Å². The summed E-state index contributed by atoms with van der Waals surface area (Å²) in [6.45, 7) is 1.61. The molecule has 3 nitrogen and oxygen atoms in total. The van der Waals surface area contributed by atoms with Crippen molar-refractivity contribution in [2.45, 2.75) is 18.8 Å². The van der Waals surface area contributed by atoms with Gasteiger partial charge in [-0.3, -0.25) is 0 Å². The van der Waals surface area contributed by atoms with Crippen molar-refractivity contribution >= 4 is 31.9 Å². The summed E-state index contributed by atoms with van der Waals surface area (Å²) in [6.07, 6.45) is 2.21. The predicted molar refractivity (Wildman–Crippen MR) is 60.2 cm³/mol. The van der Waals surface area contributed by atoms with Crippen molar-refractivity contribution in [3.05, 3.63) is 21.1 Å². The topological polar surface area (TPSA) is 35.0 Å². The molecule has 2 rings (SSSR count). The SMILES string of the molecule is Brc1cc(Br)nc(C2CCCOC2)n1. The van der Waals surface area contributed by atoms with Crippen molar-refractivity contribution in [1.82, 2.24) is 9.97 Å². The molecule has 1 aliphatic rings. The van der Waals surface area contributed by atoms with Gasteiger partial charge in [0.25, 0.3) is 0 Å². The summed E-state index contributed by atoms with van der Waals surface area (Å²) < 4.78 is 7.04. The Bertz CT molecular complexity index is 306. The molecule has 0 N–H and O–H groups in total. The number of rotatable bonds is 1. The average molecular weight is 322 g/mol. The molecule has 14 heavy (non-hydrogen) atoms. The van der Waals surface area contributed by atoms with E-state index in [1.54, 1.807) is 0 Å². The number of aromatic nitrogens is 2. The second-order valence-electron chi connectivity index (χ2n) is 3.29. The second-order valence-corrected chi connectivity index (χ2v) is 4.91. The molecule has 1 atom stereocenters. The fraction of sp³-hybridized carbons (Fsp3) is 0.556. The molecule has 2 heterocycles. The van der Waals surface area contributed by atoms with Gasteiger partial charge in [-0.2, -0.15) is 0 Å². The molecule has 0 saturated carbocycles. The molecule has 0 bridgehead atoms. The largest absolute Gasteiger partial charge is 0.381 e. The molecule has 0 spiro atoms. The molecule has 1 aromatic rings. The molecule has 76 valence electrons. The number of hydrogen-bond acceptors (Lipinski definition) is 3. The van der Waals surface area contributed by atoms with Gasteiger partial charge >= 0.3 is 0 Å². The van der Waals surface area contributed by atoms with Crippen LogP contribution < -0.4 is 0 Å². The van der Waals surface area contributed by atoms with Crippen LogP contribution in [-0.2, 0) is 4.74 Å². The Kier molecular flexibility index (Phi) is 3.52. The van der Waals surface area contributed by atoms with Crippen molar-refractivity contribution in [3.8, 4) is 0 Å². The lowest BCUT2D eigenvalue weighted by Gasteiger charge is -2.20. The Morgan fingerprint density at radius 3 is 2.57 bits per heavy atom. The number of ether oxygens (including phenoxy) is 1. The Hall–Kier alpha value is -0.0000000000000000833.